The summed E-state index contributed by atoms with van der Waals surface area (Å²) in [4.78, 5) is 0. The standard InChI is InChI=1S/C23H25F3/c24-15-3-1-2-4-17-5-7-18(8-6-17)19-9-11-20(12-10-19)21-13-14-22(25)23(26)16-21/h3,9-18H,1-2,4-8H2. The van der Waals surface area contributed by atoms with Crippen LogP contribution in [0.15, 0.2) is 54.9 Å². The van der Waals surface area contributed by atoms with Crippen molar-refractivity contribution in [2.75, 3.05) is 0 Å². The average Bonchev–Trinajstić information content (AvgIpc) is 2.68. The van der Waals surface area contributed by atoms with Crippen molar-refractivity contribution in [3.8, 4) is 11.1 Å². The van der Waals surface area contributed by atoms with E-state index in [1.165, 1.54) is 49.8 Å². The van der Waals surface area contributed by atoms with Crippen LogP contribution >= 0.6 is 0 Å². The summed E-state index contributed by atoms with van der Waals surface area (Å²) in [6.07, 6.45) is 10.2. The van der Waals surface area contributed by atoms with E-state index in [0.29, 0.717) is 17.8 Å². The zero-order chi connectivity index (χ0) is 18.4. The first kappa shape index (κ1) is 18.8. The Hall–Kier alpha value is -2.03. The summed E-state index contributed by atoms with van der Waals surface area (Å²) in [7, 11) is 0. The van der Waals surface area contributed by atoms with Crippen LogP contribution in [0.4, 0.5) is 13.2 Å². The van der Waals surface area contributed by atoms with Crippen LogP contribution in [0, 0.1) is 17.6 Å². The Morgan fingerprint density at radius 1 is 0.846 bits per heavy atom. The highest BCUT2D eigenvalue weighted by molar-refractivity contribution is 5.63. The van der Waals surface area contributed by atoms with Crippen molar-refractivity contribution in [1.82, 2.24) is 0 Å². The summed E-state index contributed by atoms with van der Waals surface area (Å²) in [6, 6.07) is 12.3. The van der Waals surface area contributed by atoms with E-state index in [1.54, 1.807) is 12.1 Å². The van der Waals surface area contributed by atoms with Crippen LogP contribution in [-0.2, 0) is 0 Å². The number of hydrogen-bond acceptors (Lipinski definition) is 0. The van der Waals surface area contributed by atoms with Crippen LogP contribution in [0.1, 0.15) is 56.4 Å². The van der Waals surface area contributed by atoms with Crippen molar-refractivity contribution in [3.63, 3.8) is 0 Å². The van der Waals surface area contributed by atoms with E-state index in [1.807, 2.05) is 12.1 Å². The lowest BCUT2D eigenvalue weighted by Crippen LogP contribution is -2.13. The molecule has 0 nitrogen and oxygen atoms in total. The monoisotopic (exact) mass is 358 g/mol. The second-order valence-electron chi connectivity index (χ2n) is 7.26. The molecule has 26 heavy (non-hydrogen) atoms. The number of rotatable bonds is 6. The van der Waals surface area contributed by atoms with Gasteiger partial charge in [0.25, 0.3) is 0 Å². The number of benzene rings is 2. The van der Waals surface area contributed by atoms with E-state index in [0.717, 1.165) is 24.3 Å². The van der Waals surface area contributed by atoms with E-state index in [4.69, 9.17) is 0 Å². The molecule has 3 heteroatoms. The summed E-state index contributed by atoms with van der Waals surface area (Å²) >= 11 is 0. The van der Waals surface area contributed by atoms with Crippen molar-refractivity contribution in [3.05, 3.63) is 72.1 Å². The van der Waals surface area contributed by atoms with Crippen molar-refractivity contribution < 1.29 is 13.2 Å². The van der Waals surface area contributed by atoms with Gasteiger partial charge < -0.3 is 0 Å². The first-order valence-corrected chi connectivity index (χ1v) is 9.48. The molecule has 0 radical (unpaired) electrons. The molecule has 1 aliphatic carbocycles. The van der Waals surface area contributed by atoms with Crippen LogP contribution in [0.5, 0.6) is 0 Å². The summed E-state index contributed by atoms with van der Waals surface area (Å²) in [5.41, 5.74) is 2.93. The molecule has 0 atom stereocenters. The molecule has 0 heterocycles. The van der Waals surface area contributed by atoms with Crippen LogP contribution in [0.25, 0.3) is 11.1 Å². The SMILES string of the molecule is FC=CCCCC1CCC(c2ccc(-c3ccc(F)c(F)c3)cc2)CC1. The largest absolute Gasteiger partial charge is 0.216 e. The second kappa shape index (κ2) is 9.07. The van der Waals surface area contributed by atoms with Crippen LogP contribution in [0.2, 0.25) is 0 Å². The minimum Gasteiger partial charge on any atom is -0.216 e. The molecular weight excluding hydrogens is 333 g/mol. The zero-order valence-corrected chi connectivity index (χ0v) is 14.9. The molecular formula is C23H25F3. The van der Waals surface area contributed by atoms with Gasteiger partial charge in [-0.05, 0) is 79.2 Å². The molecule has 0 aliphatic heterocycles. The quantitative estimate of drug-likeness (QED) is 0.467. The molecule has 2 aromatic carbocycles. The lowest BCUT2D eigenvalue weighted by molar-refractivity contribution is 0.305. The molecule has 138 valence electrons. The van der Waals surface area contributed by atoms with Gasteiger partial charge in [0.15, 0.2) is 11.6 Å². The van der Waals surface area contributed by atoms with Crippen molar-refractivity contribution in [1.29, 1.82) is 0 Å². The van der Waals surface area contributed by atoms with Gasteiger partial charge in [-0.1, -0.05) is 42.8 Å². The van der Waals surface area contributed by atoms with Gasteiger partial charge in [-0.25, -0.2) is 13.2 Å². The first-order chi connectivity index (χ1) is 12.7. The molecule has 0 amide bonds. The van der Waals surface area contributed by atoms with Gasteiger partial charge in [0.1, 0.15) is 0 Å². The molecule has 0 spiro atoms. The zero-order valence-electron chi connectivity index (χ0n) is 14.9. The van der Waals surface area contributed by atoms with Crippen LogP contribution in [0.3, 0.4) is 0 Å². The normalized spacial score (nSPS) is 20.6. The Labute approximate surface area is 153 Å². The van der Waals surface area contributed by atoms with E-state index in [-0.39, 0.29) is 0 Å². The maximum Gasteiger partial charge on any atom is 0.159 e. The van der Waals surface area contributed by atoms with E-state index in [2.05, 4.69) is 12.1 Å². The summed E-state index contributed by atoms with van der Waals surface area (Å²) in [6.45, 7) is 0. The Morgan fingerprint density at radius 3 is 2.19 bits per heavy atom. The maximum absolute atomic E-state index is 13.4. The fraction of sp³-hybridized carbons (Fsp3) is 0.391. The molecule has 1 fully saturated rings. The summed E-state index contributed by atoms with van der Waals surface area (Å²) < 4.78 is 38.4. The number of halogens is 3. The lowest BCUT2D eigenvalue weighted by Gasteiger charge is -2.29. The fourth-order valence-corrected chi connectivity index (χ4v) is 4.00. The minimum atomic E-state index is -0.817. The Morgan fingerprint density at radius 2 is 1.54 bits per heavy atom. The minimum absolute atomic E-state index is 0.580. The third-order valence-electron chi connectivity index (χ3n) is 5.55. The van der Waals surface area contributed by atoms with Crippen molar-refractivity contribution in [2.24, 2.45) is 5.92 Å². The fourth-order valence-electron chi connectivity index (χ4n) is 4.00. The van der Waals surface area contributed by atoms with Crippen molar-refractivity contribution in [2.45, 2.75) is 50.9 Å². The van der Waals surface area contributed by atoms with Gasteiger partial charge in [0.2, 0.25) is 0 Å². The summed E-state index contributed by atoms with van der Waals surface area (Å²) in [5.74, 6) is -0.286. The average molecular weight is 358 g/mol. The molecule has 0 N–H and O–H groups in total. The van der Waals surface area contributed by atoms with Gasteiger partial charge in [-0.2, -0.15) is 0 Å². The predicted molar refractivity (Wildman–Crippen MR) is 101 cm³/mol. The smallest absolute Gasteiger partial charge is 0.159 e. The number of allylic oxidation sites excluding steroid dienone is 1. The predicted octanol–water partition coefficient (Wildman–Crippen LogP) is 7.56. The Kier molecular flexibility index (Phi) is 6.54. The van der Waals surface area contributed by atoms with E-state index >= 15 is 0 Å². The van der Waals surface area contributed by atoms with Crippen molar-refractivity contribution >= 4 is 0 Å². The molecule has 1 saturated carbocycles. The molecule has 1 aliphatic rings. The number of unbranched alkanes of at least 4 members (excludes halogenated alkanes) is 1. The van der Waals surface area contributed by atoms with Gasteiger partial charge in [0, 0.05) is 0 Å². The van der Waals surface area contributed by atoms with E-state index in [9.17, 15) is 13.2 Å². The highest BCUT2D eigenvalue weighted by Gasteiger charge is 2.22. The molecule has 0 saturated heterocycles. The van der Waals surface area contributed by atoms with E-state index < -0.39 is 11.6 Å². The summed E-state index contributed by atoms with van der Waals surface area (Å²) in [5, 5.41) is 0. The maximum atomic E-state index is 13.4. The second-order valence-corrected chi connectivity index (χ2v) is 7.26. The van der Waals surface area contributed by atoms with Crippen LogP contribution in [-0.4, -0.2) is 0 Å². The molecule has 2 aromatic rings. The lowest BCUT2D eigenvalue weighted by atomic mass is 9.77. The highest BCUT2D eigenvalue weighted by atomic mass is 19.2. The molecule has 0 unspecified atom stereocenters. The van der Waals surface area contributed by atoms with Crippen LogP contribution < -0.4 is 0 Å². The first-order valence-electron chi connectivity index (χ1n) is 9.48. The molecule has 3 rings (SSSR count). The van der Waals surface area contributed by atoms with Gasteiger partial charge >= 0.3 is 0 Å². The van der Waals surface area contributed by atoms with Gasteiger partial charge in [-0.15, -0.1) is 0 Å². The topological polar surface area (TPSA) is 0 Å². The highest BCUT2D eigenvalue weighted by Crippen LogP contribution is 2.38. The molecule has 0 bridgehead atoms. The van der Waals surface area contributed by atoms with Gasteiger partial charge in [-0.3, -0.25) is 0 Å². The number of hydrogen-bond donors (Lipinski definition) is 0. The third-order valence-corrected chi connectivity index (χ3v) is 5.55. The third kappa shape index (κ3) is 4.78. The molecule has 0 aromatic heterocycles. The Bertz CT molecular complexity index is 726. The van der Waals surface area contributed by atoms with Gasteiger partial charge in [0.05, 0.1) is 6.33 Å². The Balaban J connectivity index is 1.55.